The number of aryl methyl sites for hydroxylation is 1. The lowest BCUT2D eigenvalue weighted by Gasteiger charge is -2.31. The lowest BCUT2D eigenvalue weighted by Crippen LogP contribution is -2.41. The second kappa shape index (κ2) is 12.0. The van der Waals surface area contributed by atoms with Crippen LogP contribution < -0.4 is 15.6 Å². The zero-order valence-corrected chi connectivity index (χ0v) is 24.0. The Morgan fingerprint density at radius 1 is 1.20 bits per heavy atom. The summed E-state index contributed by atoms with van der Waals surface area (Å²) in [7, 11) is 1.64. The summed E-state index contributed by atoms with van der Waals surface area (Å²) in [6, 6.07) is 7.05. The first-order chi connectivity index (χ1) is 18.9. The van der Waals surface area contributed by atoms with Gasteiger partial charge in [0.05, 0.1) is 11.7 Å². The zero-order valence-electron chi connectivity index (χ0n) is 23.2. The highest BCUT2D eigenvalue weighted by molar-refractivity contribution is 6.32. The highest BCUT2D eigenvalue weighted by Gasteiger charge is 2.26. The van der Waals surface area contributed by atoms with Crippen molar-refractivity contribution in [1.82, 2.24) is 19.4 Å². The molecule has 1 saturated heterocycles. The molecule has 10 nitrogen and oxygen atoms in total. The standard InChI is InChI=1S/C29H32ClN5O5/c1-18(36)17-39-24-15-20-14-21(7-8-23(20)34(5)27(24)37)32-26-22(30)16-31-25(33-26)9-6-19-10-12-35(13-11-19)28(38)40-29(2,3)4/h7-8,14-16,19H,10-13,17H2,1-5H3,(H,31,32,33). The summed E-state index contributed by atoms with van der Waals surface area (Å²) in [4.78, 5) is 46.6. The van der Waals surface area contributed by atoms with Gasteiger partial charge in [0, 0.05) is 37.1 Å². The number of Topliss-reactive ketones (excluding diaryl/α,β-unsaturated/α-hetero) is 1. The van der Waals surface area contributed by atoms with Gasteiger partial charge in [-0.05, 0) is 70.7 Å². The highest BCUT2D eigenvalue weighted by atomic mass is 35.5. The number of anilines is 2. The van der Waals surface area contributed by atoms with E-state index in [0.29, 0.717) is 41.0 Å². The molecule has 4 rings (SSSR count). The molecule has 1 fully saturated rings. The molecule has 1 amide bonds. The van der Waals surface area contributed by atoms with Crippen molar-refractivity contribution in [1.29, 1.82) is 0 Å². The van der Waals surface area contributed by atoms with Crippen LogP contribution in [0, 0.1) is 17.8 Å². The average molecular weight is 566 g/mol. The quantitative estimate of drug-likeness (QED) is 0.443. The number of rotatable bonds is 5. The third-order valence-corrected chi connectivity index (χ3v) is 6.44. The molecule has 0 unspecified atom stereocenters. The van der Waals surface area contributed by atoms with E-state index in [0.717, 1.165) is 18.2 Å². The van der Waals surface area contributed by atoms with Crippen LogP contribution in [0.2, 0.25) is 5.02 Å². The van der Waals surface area contributed by atoms with E-state index in [4.69, 9.17) is 21.1 Å². The molecule has 3 heterocycles. The van der Waals surface area contributed by atoms with Crippen molar-refractivity contribution in [3.8, 4) is 17.6 Å². The molecule has 210 valence electrons. The Kier molecular flexibility index (Phi) is 8.64. The van der Waals surface area contributed by atoms with Gasteiger partial charge < -0.3 is 24.3 Å². The number of amides is 1. The van der Waals surface area contributed by atoms with Crippen LogP contribution in [0.5, 0.6) is 5.75 Å². The minimum Gasteiger partial charge on any atom is -0.480 e. The van der Waals surface area contributed by atoms with Gasteiger partial charge in [0.2, 0.25) is 5.82 Å². The first-order valence-electron chi connectivity index (χ1n) is 12.9. The predicted molar refractivity (Wildman–Crippen MR) is 153 cm³/mol. The Morgan fingerprint density at radius 2 is 1.93 bits per heavy atom. The Balaban J connectivity index is 1.47. The first kappa shape index (κ1) is 28.9. The van der Waals surface area contributed by atoms with Crippen molar-refractivity contribution >= 4 is 45.9 Å². The molecule has 0 bridgehead atoms. The zero-order chi connectivity index (χ0) is 29.0. The smallest absolute Gasteiger partial charge is 0.410 e. The average Bonchev–Trinajstić information content (AvgIpc) is 2.89. The summed E-state index contributed by atoms with van der Waals surface area (Å²) in [5.74, 6) is 7.00. The number of ketones is 1. The van der Waals surface area contributed by atoms with Crippen molar-refractivity contribution in [2.45, 2.75) is 46.1 Å². The van der Waals surface area contributed by atoms with Gasteiger partial charge in [-0.15, -0.1) is 0 Å². The van der Waals surface area contributed by atoms with Crippen LogP contribution in [0.4, 0.5) is 16.3 Å². The summed E-state index contributed by atoms with van der Waals surface area (Å²) >= 11 is 6.36. The number of fused-ring (bicyclic) bond motifs is 1. The fraction of sp³-hybridized carbons (Fsp3) is 0.414. The number of benzene rings is 1. The van der Waals surface area contributed by atoms with Gasteiger partial charge in [0.25, 0.3) is 5.56 Å². The normalized spacial score (nSPS) is 13.9. The maximum atomic E-state index is 12.6. The van der Waals surface area contributed by atoms with Gasteiger partial charge in [-0.1, -0.05) is 17.5 Å². The van der Waals surface area contributed by atoms with Crippen LogP contribution in [0.15, 0.2) is 35.3 Å². The summed E-state index contributed by atoms with van der Waals surface area (Å²) in [5.41, 5.74) is 0.526. The van der Waals surface area contributed by atoms with Crippen molar-refractivity contribution in [3.05, 3.63) is 51.7 Å². The maximum absolute atomic E-state index is 12.6. The molecule has 11 heteroatoms. The highest BCUT2D eigenvalue weighted by Crippen LogP contribution is 2.26. The van der Waals surface area contributed by atoms with Crippen molar-refractivity contribution in [3.63, 3.8) is 0 Å². The molecule has 0 aliphatic carbocycles. The van der Waals surface area contributed by atoms with Gasteiger partial charge in [-0.2, -0.15) is 0 Å². The fourth-order valence-corrected chi connectivity index (χ4v) is 4.30. The molecular formula is C29H32ClN5O5. The van der Waals surface area contributed by atoms with E-state index in [9.17, 15) is 14.4 Å². The third-order valence-electron chi connectivity index (χ3n) is 6.16. The molecular weight excluding hydrogens is 534 g/mol. The SMILES string of the molecule is CC(=O)COc1cc2cc(Nc3nc(C#CC4CCN(C(=O)OC(C)(C)C)CC4)ncc3Cl)ccc2n(C)c1=O. The largest absolute Gasteiger partial charge is 0.480 e. The Bertz CT molecular complexity index is 1560. The van der Waals surface area contributed by atoms with Gasteiger partial charge in [-0.3, -0.25) is 9.59 Å². The number of pyridine rings is 1. The van der Waals surface area contributed by atoms with E-state index in [1.807, 2.05) is 26.8 Å². The van der Waals surface area contributed by atoms with Crippen LogP contribution in [-0.4, -0.2) is 56.6 Å². The Hall–Kier alpha value is -4.10. The summed E-state index contributed by atoms with van der Waals surface area (Å²) < 4.78 is 12.3. The molecule has 3 aromatic rings. The molecule has 1 aromatic carbocycles. The molecule has 0 radical (unpaired) electrons. The van der Waals surface area contributed by atoms with E-state index >= 15 is 0 Å². The third kappa shape index (κ3) is 7.30. The van der Waals surface area contributed by atoms with Crippen LogP contribution in [0.25, 0.3) is 10.9 Å². The number of hydrogen-bond acceptors (Lipinski definition) is 8. The van der Waals surface area contributed by atoms with Crippen LogP contribution in [0.1, 0.15) is 46.4 Å². The topological polar surface area (TPSA) is 116 Å². The number of nitrogens with zero attached hydrogens (tertiary/aromatic N) is 4. The number of halogens is 1. The fourth-order valence-electron chi connectivity index (χ4n) is 4.17. The minimum atomic E-state index is -0.524. The van der Waals surface area contributed by atoms with Crippen molar-refractivity contribution in [2.24, 2.45) is 13.0 Å². The number of likely N-dealkylation sites (tertiary alicyclic amines) is 1. The van der Waals surface area contributed by atoms with Crippen LogP contribution in [-0.2, 0) is 16.6 Å². The van der Waals surface area contributed by atoms with Crippen molar-refractivity contribution in [2.75, 3.05) is 25.0 Å². The summed E-state index contributed by atoms with van der Waals surface area (Å²) in [5, 5.41) is 4.24. The molecule has 2 aromatic heterocycles. The number of carbonyl (C=O) groups excluding carboxylic acids is 2. The second-order valence-electron chi connectivity index (χ2n) is 10.7. The molecule has 0 saturated carbocycles. The van der Waals surface area contributed by atoms with Gasteiger partial charge in [0.15, 0.2) is 17.4 Å². The monoisotopic (exact) mass is 565 g/mol. The molecule has 1 aliphatic rings. The Morgan fingerprint density at radius 3 is 2.60 bits per heavy atom. The van der Waals surface area contributed by atoms with E-state index in [2.05, 4.69) is 27.1 Å². The minimum absolute atomic E-state index is 0.0944. The maximum Gasteiger partial charge on any atom is 0.410 e. The number of carbonyl (C=O) groups is 2. The van der Waals surface area contributed by atoms with Gasteiger partial charge in [0.1, 0.15) is 17.2 Å². The first-order valence-corrected chi connectivity index (χ1v) is 13.3. The van der Waals surface area contributed by atoms with Crippen LogP contribution >= 0.6 is 11.6 Å². The molecule has 1 aliphatic heterocycles. The number of nitrogens with one attached hydrogen (secondary N) is 1. The van der Waals surface area contributed by atoms with E-state index in [-0.39, 0.29) is 35.7 Å². The number of ether oxygens (including phenoxy) is 2. The molecule has 0 atom stereocenters. The van der Waals surface area contributed by atoms with E-state index in [1.54, 1.807) is 30.1 Å². The lowest BCUT2D eigenvalue weighted by molar-refractivity contribution is -0.118. The van der Waals surface area contributed by atoms with E-state index < -0.39 is 5.60 Å². The molecule has 40 heavy (non-hydrogen) atoms. The second-order valence-corrected chi connectivity index (χ2v) is 11.1. The molecule has 0 spiro atoms. The van der Waals surface area contributed by atoms with Crippen molar-refractivity contribution < 1.29 is 19.1 Å². The van der Waals surface area contributed by atoms with E-state index in [1.165, 1.54) is 17.7 Å². The number of piperidine rings is 1. The summed E-state index contributed by atoms with van der Waals surface area (Å²) in [6.45, 7) is 7.94. The number of hydrogen-bond donors (Lipinski definition) is 1. The van der Waals surface area contributed by atoms with Crippen LogP contribution in [0.3, 0.4) is 0 Å². The van der Waals surface area contributed by atoms with Gasteiger partial charge >= 0.3 is 6.09 Å². The Labute approximate surface area is 237 Å². The molecule has 1 N–H and O–H groups in total. The number of aromatic nitrogens is 3. The predicted octanol–water partition coefficient (Wildman–Crippen LogP) is 4.69. The lowest BCUT2D eigenvalue weighted by atomic mass is 9.98. The summed E-state index contributed by atoms with van der Waals surface area (Å²) in [6.07, 6.45) is 2.67. The van der Waals surface area contributed by atoms with Gasteiger partial charge in [-0.25, -0.2) is 14.8 Å².